The summed E-state index contributed by atoms with van der Waals surface area (Å²) in [6, 6.07) is 0. The molecular weight excluding hydrogens is 392 g/mol. The highest BCUT2D eigenvalue weighted by atomic mass is 16.5. The molecule has 0 unspecified atom stereocenters. The number of carbonyl (C=O) groups excluding carboxylic acids is 1. The second-order valence-electron chi connectivity index (χ2n) is 14.0. The summed E-state index contributed by atoms with van der Waals surface area (Å²) in [5, 5.41) is 0. The molecule has 5 aliphatic carbocycles. The van der Waals surface area contributed by atoms with E-state index >= 15 is 0 Å². The number of hydrogen-bond donors (Lipinski definition) is 0. The van der Waals surface area contributed by atoms with Gasteiger partial charge in [0.15, 0.2) is 0 Å². The molecule has 0 aromatic heterocycles. The lowest BCUT2D eigenvalue weighted by molar-refractivity contribution is -0.193. The quantitative estimate of drug-likeness (QED) is 0.321. The molecule has 4 fully saturated rings. The zero-order valence-corrected chi connectivity index (χ0v) is 21.9. The van der Waals surface area contributed by atoms with Crippen LogP contribution in [0.3, 0.4) is 0 Å². The Balaban J connectivity index is 1.48. The van der Waals surface area contributed by atoms with Gasteiger partial charge in [0.25, 0.3) is 0 Å². The monoisotopic (exact) mass is 440 g/mol. The van der Waals surface area contributed by atoms with Crippen LogP contribution in [0.5, 0.6) is 0 Å². The molecule has 0 radical (unpaired) electrons. The fourth-order valence-electron chi connectivity index (χ4n) is 10.9. The van der Waals surface area contributed by atoms with E-state index in [-0.39, 0.29) is 17.5 Å². The van der Waals surface area contributed by atoms with Crippen LogP contribution in [0.25, 0.3) is 0 Å². The highest BCUT2D eigenvalue weighted by Crippen LogP contribution is 2.72. The summed E-state index contributed by atoms with van der Waals surface area (Å²) in [6.07, 6.45) is 16.3. The molecule has 5 aliphatic rings. The van der Waals surface area contributed by atoms with E-state index in [1.807, 2.05) is 5.57 Å². The van der Waals surface area contributed by atoms with Crippen molar-refractivity contribution < 1.29 is 9.53 Å². The summed E-state index contributed by atoms with van der Waals surface area (Å²) >= 11 is 0. The molecule has 2 heteroatoms. The number of hydrogen-bond acceptors (Lipinski definition) is 2. The zero-order chi connectivity index (χ0) is 23.1. The van der Waals surface area contributed by atoms with Crippen molar-refractivity contribution in [1.29, 1.82) is 0 Å². The lowest BCUT2D eigenvalue weighted by Crippen LogP contribution is -2.61. The molecular formula is C30H48O2. The molecule has 0 aromatic rings. The molecule has 8 atom stereocenters. The number of esters is 1. The molecule has 2 nitrogen and oxygen atoms in total. The predicted molar refractivity (Wildman–Crippen MR) is 131 cm³/mol. The summed E-state index contributed by atoms with van der Waals surface area (Å²) < 4.78 is 5.88. The Morgan fingerprint density at radius 1 is 0.969 bits per heavy atom. The molecule has 0 bridgehead atoms. The van der Waals surface area contributed by atoms with Gasteiger partial charge in [-0.15, -0.1) is 0 Å². The van der Waals surface area contributed by atoms with E-state index in [4.69, 9.17) is 4.74 Å². The van der Waals surface area contributed by atoms with E-state index < -0.39 is 0 Å². The summed E-state index contributed by atoms with van der Waals surface area (Å²) in [5.74, 6) is 3.91. The third-order valence-corrected chi connectivity index (χ3v) is 12.4. The number of fused-ring (bicyclic) bond motifs is 7. The van der Waals surface area contributed by atoms with Crippen LogP contribution in [0.1, 0.15) is 113 Å². The van der Waals surface area contributed by atoms with Crippen LogP contribution in [0.2, 0.25) is 0 Å². The second kappa shape index (κ2) is 7.35. The molecule has 5 rings (SSSR count). The van der Waals surface area contributed by atoms with Crippen LogP contribution in [0.15, 0.2) is 11.6 Å². The van der Waals surface area contributed by atoms with Crippen LogP contribution in [-0.4, -0.2) is 12.1 Å². The lowest BCUT2D eigenvalue weighted by atomic mass is 9.38. The number of ether oxygens (including phenoxy) is 1. The number of allylic oxidation sites excluding steroid dienone is 2. The average molecular weight is 441 g/mol. The Labute approximate surface area is 197 Å². The predicted octanol–water partition coefficient (Wildman–Crippen LogP) is 7.96. The summed E-state index contributed by atoms with van der Waals surface area (Å²) in [4.78, 5) is 11.8. The maximum Gasteiger partial charge on any atom is 0.302 e. The Bertz CT molecular complexity index is 808. The van der Waals surface area contributed by atoms with E-state index in [9.17, 15) is 4.79 Å². The highest BCUT2D eigenvalue weighted by molar-refractivity contribution is 5.66. The Hall–Kier alpha value is -0.790. The topological polar surface area (TPSA) is 26.3 Å². The van der Waals surface area contributed by atoms with E-state index in [1.54, 1.807) is 6.92 Å². The van der Waals surface area contributed by atoms with E-state index in [0.717, 1.165) is 30.1 Å². The summed E-state index contributed by atoms with van der Waals surface area (Å²) in [7, 11) is 0. The fraction of sp³-hybridized carbons (Fsp3) is 0.900. The molecule has 0 spiro atoms. The molecule has 0 aliphatic heterocycles. The first kappa shape index (κ1) is 23.0. The van der Waals surface area contributed by atoms with Gasteiger partial charge in [0, 0.05) is 12.3 Å². The van der Waals surface area contributed by atoms with E-state index in [1.165, 1.54) is 57.8 Å². The summed E-state index contributed by atoms with van der Waals surface area (Å²) in [6.45, 7) is 16.7. The SMILES string of the molecule is CC(=O)O[C@H]1CC[C@]2(C)[C@H]3CC[C@@H]4C(=CC[C@@]5(C(C)C)CCC[C@@H]45)[C@]3(C)CC[C@H]2C1(C)C. The molecule has 0 heterocycles. The highest BCUT2D eigenvalue weighted by Gasteiger charge is 2.65. The van der Waals surface area contributed by atoms with Gasteiger partial charge in [0.1, 0.15) is 6.10 Å². The molecule has 0 N–H and O–H groups in total. The van der Waals surface area contributed by atoms with Crippen molar-refractivity contribution in [2.45, 2.75) is 119 Å². The van der Waals surface area contributed by atoms with Gasteiger partial charge in [-0.05, 0) is 104 Å². The maximum atomic E-state index is 11.8. The molecule has 0 amide bonds. The Morgan fingerprint density at radius 2 is 1.72 bits per heavy atom. The van der Waals surface area contributed by atoms with Crippen molar-refractivity contribution in [3.05, 3.63) is 11.6 Å². The van der Waals surface area contributed by atoms with Crippen LogP contribution in [0, 0.1) is 51.2 Å². The van der Waals surface area contributed by atoms with Crippen molar-refractivity contribution in [3.63, 3.8) is 0 Å². The van der Waals surface area contributed by atoms with Crippen LogP contribution in [0.4, 0.5) is 0 Å². The molecule has 32 heavy (non-hydrogen) atoms. The lowest BCUT2D eigenvalue weighted by Gasteiger charge is -2.67. The van der Waals surface area contributed by atoms with Gasteiger partial charge in [-0.1, -0.05) is 59.6 Å². The fourth-order valence-corrected chi connectivity index (χ4v) is 10.9. The third kappa shape index (κ3) is 2.92. The maximum absolute atomic E-state index is 11.8. The minimum absolute atomic E-state index is 0.0655. The van der Waals surface area contributed by atoms with Gasteiger partial charge < -0.3 is 4.74 Å². The normalized spacial score (nSPS) is 49.4. The van der Waals surface area contributed by atoms with Gasteiger partial charge in [-0.2, -0.15) is 0 Å². The van der Waals surface area contributed by atoms with Gasteiger partial charge in [0.05, 0.1) is 0 Å². The average Bonchev–Trinajstić information content (AvgIpc) is 3.15. The third-order valence-electron chi connectivity index (χ3n) is 12.4. The number of rotatable bonds is 2. The van der Waals surface area contributed by atoms with Crippen molar-refractivity contribution in [1.82, 2.24) is 0 Å². The molecule has 0 aromatic carbocycles. The van der Waals surface area contributed by atoms with E-state index in [2.05, 4.69) is 47.6 Å². The minimum Gasteiger partial charge on any atom is -0.462 e. The first-order valence-electron chi connectivity index (χ1n) is 13.8. The first-order chi connectivity index (χ1) is 15.0. The van der Waals surface area contributed by atoms with Crippen LogP contribution < -0.4 is 0 Å². The van der Waals surface area contributed by atoms with Crippen molar-refractivity contribution >= 4 is 5.97 Å². The van der Waals surface area contributed by atoms with Gasteiger partial charge in [-0.25, -0.2) is 0 Å². The van der Waals surface area contributed by atoms with Crippen molar-refractivity contribution in [2.75, 3.05) is 0 Å². The van der Waals surface area contributed by atoms with Crippen LogP contribution >= 0.6 is 0 Å². The smallest absolute Gasteiger partial charge is 0.302 e. The Morgan fingerprint density at radius 3 is 2.41 bits per heavy atom. The largest absolute Gasteiger partial charge is 0.462 e. The van der Waals surface area contributed by atoms with Crippen molar-refractivity contribution in [2.24, 2.45) is 51.2 Å². The standard InChI is InChI=1S/C30H48O2/c1-19(2)30-15-8-9-23(30)21-10-11-25-28(6,22(21)12-18-30)16-13-24-27(4,5)26(32-20(3)31)14-17-29(24,25)7/h12,19,21,23-26H,8-11,13-18H2,1-7H3/t21-,23+,24+,25+,26+,28+,29+,30-/m1/s1. The minimum atomic E-state index is -0.106. The van der Waals surface area contributed by atoms with Crippen LogP contribution in [-0.2, 0) is 9.53 Å². The second-order valence-corrected chi connectivity index (χ2v) is 14.0. The summed E-state index contributed by atoms with van der Waals surface area (Å²) in [5.41, 5.74) is 3.28. The zero-order valence-electron chi connectivity index (χ0n) is 21.9. The molecule has 4 saturated carbocycles. The van der Waals surface area contributed by atoms with Crippen molar-refractivity contribution in [3.8, 4) is 0 Å². The first-order valence-corrected chi connectivity index (χ1v) is 13.8. The van der Waals surface area contributed by atoms with Gasteiger partial charge in [-0.3, -0.25) is 4.79 Å². The Kier molecular flexibility index (Phi) is 5.28. The molecule has 180 valence electrons. The number of carbonyl (C=O) groups is 1. The van der Waals surface area contributed by atoms with E-state index in [0.29, 0.717) is 22.2 Å². The van der Waals surface area contributed by atoms with Gasteiger partial charge in [0.2, 0.25) is 0 Å². The van der Waals surface area contributed by atoms with Gasteiger partial charge >= 0.3 is 5.97 Å². The molecule has 0 saturated heterocycles.